The van der Waals surface area contributed by atoms with E-state index < -0.39 is 0 Å². The minimum Gasteiger partial charge on any atom is -0.252 e. The van der Waals surface area contributed by atoms with Crippen molar-refractivity contribution >= 4 is 75.2 Å². The van der Waals surface area contributed by atoms with E-state index in [-0.39, 0.29) is 0 Å². The maximum absolute atomic E-state index is 5.17. The Morgan fingerprint density at radius 3 is 1.67 bits per heavy atom. The number of hydrogen-bond acceptors (Lipinski definition) is 3. The van der Waals surface area contributed by atoms with E-state index in [1.807, 2.05) is 17.5 Å². The Hall–Kier alpha value is -5.90. The highest BCUT2D eigenvalue weighted by Gasteiger charge is 2.16. The minimum atomic E-state index is 0.884. The summed E-state index contributed by atoms with van der Waals surface area (Å²) in [5.41, 5.74) is 11.7. The normalized spacial score (nSPS) is 13.4. The van der Waals surface area contributed by atoms with Crippen LogP contribution in [0.3, 0.4) is 0 Å². The molecule has 0 radical (unpaired) electrons. The van der Waals surface area contributed by atoms with E-state index in [0.29, 0.717) is 0 Å². The van der Waals surface area contributed by atoms with Crippen molar-refractivity contribution < 1.29 is 0 Å². The number of aromatic nitrogens is 2. The molecule has 2 nitrogen and oxygen atoms in total. The predicted octanol–water partition coefficient (Wildman–Crippen LogP) is 12.9. The standard InChI is InChI=1S/C46H30N2S/c1-3-11-39-36(8-1)37-9-2-4-12-40(37)45-44(39)47-28-42(48-45)34-26-22-32(23-27-34)30-18-16-29(17-19-30)31-20-24-33(25-21-31)35-13-7-14-41-38-10-5-6-15-43(38)49-46(35)41/h1-20,22-24,26-28H,21,25H2. The lowest BCUT2D eigenvalue weighted by atomic mass is 9.89. The first-order chi connectivity index (χ1) is 24.3. The van der Waals surface area contributed by atoms with Crippen molar-refractivity contribution in [2.75, 3.05) is 0 Å². The fourth-order valence-corrected chi connectivity index (χ4v) is 8.83. The molecule has 7 aromatic carbocycles. The number of hydrogen-bond donors (Lipinski definition) is 0. The van der Waals surface area contributed by atoms with Gasteiger partial charge in [-0.15, -0.1) is 11.3 Å². The van der Waals surface area contributed by atoms with Gasteiger partial charge in [0.1, 0.15) is 0 Å². The van der Waals surface area contributed by atoms with Crippen molar-refractivity contribution in [1.82, 2.24) is 9.97 Å². The molecule has 10 rings (SSSR count). The van der Waals surface area contributed by atoms with Crippen molar-refractivity contribution in [3.05, 3.63) is 169 Å². The Bertz CT molecular complexity index is 2770. The van der Waals surface area contributed by atoms with Gasteiger partial charge >= 0.3 is 0 Å². The highest BCUT2D eigenvalue weighted by molar-refractivity contribution is 7.26. The van der Waals surface area contributed by atoms with Crippen LogP contribution in [0.15, 0.2) is 158 Å². The van der Waals surface area contributed by atoms with Crippen LogP contribution in [0.5, 0.6) is 0 Å². The molecule has 0 saturated heterocycles. The van der Waals surface area contributed by atoms with E-state index in [1.165, 1.54) is 64.3 Å². The first kappa shape index (κ1) is 28.1. The lowest BCUT2D eigenvalue weighted by molar-refractivity contribution is 1.07. The van der Waals surface area contributed by atoms with Gasteiger partial charge in [0.2, 0.25) is 0 Å². The third-order valence-electron chi connectivity index (χ3n) is 10.1. The highest BCUT2D eigenvalue weighted by Crippen LogP contribution is 2.41. The van der Waals surface area contributed by atoms with Gasteiger partial charge < -0.3 is 0 Å². The van der Waals surface area contributed by atoms with Gasteiger partial charge in [-0.3, -0.25) is 4.98 Å². The maximum atomic E-state index is 5.17. The molecule has 230 valence electrons. The van der Waals surface area contributed by atoms with Crippen LogP contribution in [0.4, 0.5) is 0 Å². The van der Waals surface area contributed by atoms with Gasteiger partial charge in [0.25, 0.3) is 0 Å². The molecule has 0 unspecified atom stereocenters. The molecular formula is C46H30N2S. The summed E-state index contributed by atoms with van der Waals surface area (Å²) in [5.74, 6) is 0. The molecule has 2 heterocycles. The van der Waals surface area contributed by atoms with Crippen molar-refractivity contribution in [3.8, 4) is 22.4 Å². The van der Waals surface area contributed by atoms with Crippen LogP contribution >= 0.6 is 11.3 Å². The number of allylic oxidation sites excluding steroid dienone is 4. The van der Waals surface area contributed by atoms with Gasteiger partial charge in [0, 0.05) is 36.5 Å². The lowest BCUT2D eigenvalue weighted by Gasteiger charge is -2.16. The van der Waals surface area contributed by atoms with Crippen LogP contribution < -0.4 is 0 Å². The van der Waals surface area contributed by atoms with Crippen LogP contribution in [0.1, 0.15) is 24.0 Å². The molecule has 0 spiro atoms. The molecule has 0 N–H and O–H groups in total. The average Bonchev–Trinajstić information content (AvgIpc) is 3.57. The fraction of sp³-hybridized carbons (Fsp3) is 0.0435. The van der Waals surface area contributed by atoms with Crippen molar-refractivity contribution in [1.29, 1.82) is 0 Å². The second-order valence-electron chi connectivity index (χ2n) is 12.9. The molecule has 0 bridgehead atoms. The Morgan fingerprint density at radius 1 is 0.429 bits per heavy atom. The number of rotatable bonds is 4. The minimum absolute atomic E-state index is 0.884. The zero-order valence-electron chi connectivity index (χ0n) is 26.7. The molecule has 0 saturated carbocycles. The van der Waals surface area contributed by atoms with E-state index in [0.717, 1.165) is 45.9 Å². The van der Waals surface area contributed by atoms with Crippen LogP contribution in [0.2, 0.25) is 0 Å². The number of nitrogens with zero attached hydrogens (tertiary/aromatic N) is 2. The van der Waals surface area contributed by atoms with Gasteiger partial charge in [-0.25, -0.2) is 4.98 Å². The van der Waals surface area contributed by atoms with Crippen LogP contribution in [-0.4, -0.2) is 9.97 Å². The van der Waals surface area contributed by atoms with Crippen LogP contribution in [0.25, 0.3) is 86.3 Å². The van der Waals surface area contributed by atoms with E-state index >= 15 is 0 Å². The van der Waals surface area contributed by atoms with Gasteiger partial charge in [-0.1, -0.05) is 146 Å². The van der Waals surface area contributed by atoms with Crippen LogP contribution in [0, 0.1) is 0 Å². The summed E-state index contributed by atoms with van der Waals surface area (Å²) >= 11 is 1.91. The molecule has 49 heavy (non-hydrogen) atoms. The predicted molar refractivity (Wildman–Crippen MR) is 210 cm³/mol. The molecular weight excluding hydrogens is 613 g/mol. The summed E-state index contributed by atoms with van der Waals surface area (Å²) in [6, 6.07) is 50.2. The van der Waals surface area contributed by atoms with Crippen molar-refractivity contribution in [2.45, 2.75) is 12.8 Å². The molecule has 2 aromatic heterocycles. The monoisotopic (exact) mass is 642 g/mol. The third-order valence-corrected chi connectivity index (χ3v) is 11.3. The summed E-state index contributed by atoms with van der Waals surface area (Å²) in [6.45, 7) is 0. The summed E-state index contributed by atoms with van der Waals surface area (Å²) in [4.78, 5) is 10.1. The second-order valence-corrected chi connectivity index (χ2v) is 13.9. The van der Waals surface area contributed by atoms with E-state index in [4.69, 9.17) is 9.97 Å². The molecule has 0 aliphatic heterocycles. The molecule has 1 aliphatic rings. The maximum Gasteiger partial charge on any atom is 0.0979 e. The number of benzene rings is 7. The van der Waals surface area contributed by atoms with Crippen molar-refractivity contribution in [3.63, 3.8) is 0 Å². The number of fused-ring (bicyclic) bond motifs is 9. The smallest absolute Gasteiger partial charge is 0.0979 e. The Morgan fingerprint density at radius 2 is 0.980 bits per heavy atom. The van der Waals surface area contributed by atoms with Gasteiger partial charge in [-0.2, -0.15) is 0 Å². The molecule has 0 fully saturated rings. The quantitative estimate of drug-likeness (QED) is 0.179. The summed E-state index contributed by atoms with van der Waals surface area (Å²) in [5, 5.41) is 7.42. The largest absolute Gasteiger partial charge is 0.252 e. The average molecular weight is 643 g/mol. The molecule has 0 atom stereocenters. The summed E-state index contributed by atoms with van der Waals surface area (Å²) < 4.78 is 2.76. The van der Waals surface area contributed by atoms with Crippen molar-refractivity contribution in [2.24, 2.45) is 0 Å². The van der Waals surface area contributed by atoms with E-state index in [1.54, 1.807) is 0 Å². The molecule has 0 amide bonds. The first-order valence-electron chi connectivity index (χ1n) is 16.9. The Kier molecular flexibility index (Phi) is 6.53. The van der Waals surface area contributed by atoms with Gasteiger partial charge in [-0.05, 0) is 63.1 Å². The summed E-state index contributed by atoms with van der Waals surface area (Å²) in [6.07, 6.45) is 8.66. The topological polar surface area (TPSA) is 25.8 Å². The third kappa shape index (κ3) is 4.69. The van der Waals surface area contributed by atoms with Crippen LogP contribution in [-0.2, 0) is 0 Å². The Labute approximate surface area is 288 Å². The van der Waals surface area contributed by atoms with Gasteiger partial charge in [0.05, 0.1) is 22.9 Å². The Balaban J connectivity index is 0.922. The molecule has 9 aromatic rings. The molecule has 1 aliphatic carbocycles. The van der Waals surface area contributed by atoms with Gasteiger partial charge in [0.15, 0.2) is 0 Å². The molecule has 3 heteroatoms. The van der Waals surface area contributed by atoms with E-state index in [9.17, 15) is 0 Å². The second kappa shape index (κ2) is 11.4. The first-order valence-corrected chi connectivity index (χ1v) is 17.7. The lowest BCUT2D eigenvalue weighted by Crippen LogP contribution is -1.94. The number of thiophene rings is 1. The zero-order valence-corrected chi connectivity index (χ0v) is 27.5. The fourth-order valence-electron chi connectivity index (χ4n) is 7.57. The SMILES string of the molecule is C1=C(c2ccc(-c3ccc(-c4cnc5c6ccccc6c6ccccc6c5n4)cc3)cc2)CCC(c2cccc3c2sc2ccccc23)=C1. The summed E-state index contributed by atoms with van der Waals surface area (Å²) in [7, 11) is 0. The van der Waals surface area contributed by atoms with E-state index in [2.05, 4.69) is 152 Å². The zero-order chi connectivity index (χ0) is 32.3. The highest BCUT2D eigenvalue weighted by atomic mass is 32.1.